The van der Waals surface area contributed by atoms with E-state index in [4.69, 9.17) is 5.73 Å². The van der Waals surface area contributed by atoms with E-state index in [9.17, 15) is 22.4 Å². The summed E-state index contributed by atoms with van der Waals surface area (Å²) in [7, 11) is 0. The van der Waals surface area contributed by atoms with Crippen molar-refractivity contribution in [1.82, 2.24) is 14.8 Å². The van der Waals surface area contributed by atoms with Crippen molar-refractivity contribution in [3.8, 4) is 0 Å². The molecule has 2 aromatic heterocycles. The van der Waals surface area contributed by atoms with Crippen LogP contribution in [-0.4, -0.2) is 26.5 Å². The van der Waals surface area contributed by atoms with Crippen molar-refractivity contribution in [1.29, 1.82) is 0 Å². The minimum Gasteiger partial charge on any atom is -0.382 e. The topological polar surface area (TPSA) is 98.2 Å². The third-order valence-corrected chi connectivity index (χ3v) is 4.87. The Labute approximate surface area is 173 Å². The number of nitrogens with zero attached hydrogens (tertiary/aromatic N) is 4. The van der Waals surface area contributed by atoms with Crippen molar-refractivity contribution in [2.75, 3.05) is 5.32 Å². The quantitative estimate of drug-likeness (QED) is 0.618. The molecule has 3 heterocycles. The number of nitrogens with two attached hydrogens (primary N) is 1. The third kappa shape index (κ3) is 3.86. The summed E-state index contributed by atoms with van der Waals surface area (Å²) in [6, 6.07) is 7.30. The summed E-state index contributed by atoms with van der Waals surface area (Å²) in [6.45, 7) is 1.54. The first-order valence-electron chi connectivity index (χ1n) is 9.11. The summed E-state index contributed by atoms with van der Waals surface area (Å²) >= 11 is 0. The van der Waals surface area contributed by atoms with E-state index >= 15 is 0 Å². The van der Waals surface area contributed by atoms with Gasteiger partial charge in [-0.25, -0.2) is 22.5 Å². The molecule has 1 amide bonds. The van der Waals surface area contributed by atoms with E-state index in [1.165, 1.54) is 22.9 Å². The van der Waals surface area contributed by atoms with Crippen LogP contribution >= 0.6 is 0 Å². The molecule has 0 fully saturated rings. The lowest BCUT2D eigenvalue weighted by atomic mass is 9.90. The molecule has 1 unspecified atom stereocenters. The lowest BCUT2D eigenvalue weighted by Crippen LogP contribution is -2.38. The molecule has 0 bridgehead atoms. The zero-order chi connectivity index (χ0) is 22.3. The highest BCUT2D eigenvalue weighted by Gasteiger charge is 2.36. The molecule has 31 heavy (non-hydrogen) atoms. The molecule has 160 valence electrons. The smallest absolute Gasteiger partial charge is 0.282 e. The number of carbonyl (C=O) groups excluding carboxylic acids is 1. The number of aliphatic imine (C=N–C) groups is 1. The van der Waals surface area contributed by atoms with Crippen LogP contribution in [0.25, 0.3) is 0 Å². The van der Waals surface area contributed by atoms with E-state index in [-0.39, 0.29) is 35.0 Å². The van der Waals surface area contributed by atoms with Crippen molar-refractivity contribution in [3.63, 3.8) is 0 Å². The van der Waals surface area contributed by atoms with Gasteiger partial charge in [0.05, 0.1) is 12.7 Å². The molecule has 0 aliphatic carbocycles. The molecule has 7 nitrogen and oxygen atoms in total. The fraction of sp³-hybridized carbons (Fsp3) is 0.200. The van der Waals surface area contributed by atoms with Gasteiger partial charge >= 0.3 is 0 Å². The molecule has 1 aliphatic rings. The number of nitrogens with one attached hydrogen (secondary N) is 1. The van der Waals surface area contributed by atoms with E-state index in [0.29, 0.717) is 0 Å². The van der Waals surface area contributed by atoms with Gasteiger partial charge in [0.25, 0.3) is 12.3 Å². The number of halogens is 4. The van der Waals surface area contributed by atoms with Crippen LogP contribution in [0.15, 0.2) is 47.6 Å². The van der Waals surface area contributed by atoms with Gasteiger partial charge in [-0.15, -0.1) is 0 Å². The van der Waals surface area contributed by atoms with Crippen LogP contribution in [0.1, 0.15) is 40.8 Å². The van der Waals surface area contributed by atoms with Gasteiger partial charge in [-0.2, -0.15) is 5.10 Å². The van der Waals surface area contributed by atoms with Crippen LogP contribution in [0.2, 0.25) is 0 Å². The van der Waals surface area contributed by atoms with Crippen molar-refractivity contribution in [2.45, 2.75) is 25.4 Å². The zero-order valence-electron chi connectivity index (χ0n) is 16.1. The number of aromatic nitrogens is 3. The average molecular weight is 432 g/mol. The Balaban J connectivity index is 1.65. The molecular formula is C20H16F4N6O. The number of rotatable bonds is 4. The molecule has 0 spiro atoms. The molecule has 0 radical (unpaired) electrons. The lowest BCUT2D eigenvalue weighted by Gasteiger charge is -2.31. The number of hydrogen-bond acceptors (Lipinski definition) is 5. The van der Waals surface area contributed by atoms with Gasteiger partial charge in [-0.05, 0) is 43.3 Å². The molecule has 0 saturated heterocycles. The fourth-order valence-corrected chi connectivity index (χ4v) is 3.39. The molecule has 3 N–H and O–H groups in total. The Kier molecular flexibility index (Phi) is 4.96. The van der Waals surface area contributed by atoms with Crippen LogP contribution in [0.3, 0.4) is 0 Å². The van der Waals surface area contributed by atoms with Crippen molar-refractivity contribution in [2.24, 2.45) is 10.7 Å². The zero-order valence-corrected chi connectivity index (χ0v) is 16.1. The first-order chi connectivity index (χ1) is 14.7. The highest BCUT2D eigenvalue weighted by molar-refractivity contribution is 6.02. The number of hydrogen-bond donors (Lipinski definition) is 2. The summed E-state index contributed by atoms with van der Waals surface area (Å²) in [6.07, 6.45) is -1.88. The minimum absolute atomic E-state index is 0.0286. The Morgan fingerprint density at radius 1 is 1.23 bits per heavy atom. The molecule has 4 rings (SSSR count). The number of anilines is 1. The monoisotopic (exact) mass is 432 g/mol. The maximum Gasteiger partial charge on any atom is 0.282 e. The van der Waals surface area contributed by atoms with E-state index in [2.05, 4.69) is 20.4 Å². The number of fused-ring (bicyclic) bond motifs is 1. The first-order valence-corrected chi connectivity index (χ1v) is 9.11. The normalized spacial score (nSPS) is 17.9. The highest BCUT2D eigenvalue weighted by Crippen LogP contribution is 2.35. The number of amidine groups is 1. The van der Waals surface area contributed by atoms with Gasteiger partial charge in [-0.1, -0.05) is 0 Å². The Bertz CT molecular complexity index is 1190. The summed E-state index contributed by atoms with van der Waals surface area (Å²) in [5.41, 5.74) is 4.74. The predicted molar refractivity (Wildman–Crippen MR) is 104 cm³/mol. The number of benzene rings is 1. The Hall–Kier alpha value is -3.76. The predicted octanol–water partition coefficient (Wildman–Crippen LogP) is 3.38. The van der Waals surface area contributed by atoms with Crippen molar-refractivity contribution in [3.05, 3.63) is 76.9 Å². The molecule has 3 aromatic rings. The SMILES string of the molecule is CC1(c2cc(NC(=O)c3ccc(F)cn3)ccc2F)Cn2nc(C(F)F)cc2C(N)=N1. The molecule has 11 heteroatoms. The summed E-state index contributed by atoms with van der Waals surface area (Å²) in [5, 5.41) is 6.40. The maximum absolute atomic E-state index is 14.7. The van der Waals surface area contributed by atoms with E-state index in [1.807, 2.05) is 0 Å². The largest absolute Gasteiger partial charge is 0.382 e. The van der Waals surface area contributed by atoms with Gasteiger partial charge < -0.3 is 11.1 Å². The molecular weight excluding hydrogens is 416 g/mol. The van der Waals surface area contributed by atoms with Crippen LogP contribution in [0, 0.1) is 11.6 Å². The summed E-state index contributed by atoms with van der Waals surface area (Å²) < 4.78 is 55.0. The van der Waals surface area contributed by atoms with Gasteiger partial charge in [0.2, 0.25) is 0 Å². The third-order valence-electron chi connectivity index (χ3n) is 4.87. The number of carbonyl (C=O) groups is 1. The van der Waals surface area contributed by atoms with Gasteiger partial charge in [0.15, 0.2) is 0 Å². The van der Waals surface area contributed by atoms with Crippen molar-refractivity contribution >= 4 is 17.4 Å². The van der Waals surface area contributed by atoms with E-state index < -0.39 is 35.2 Å². The fourth-order valence-electron chi connectivity index (χ4n) is 3.39. The molecule has 1 aliphatic heterocycles. The molecule has 0 saturated carbocycles. The second-order valence-electron chi connectivity index (χ2n) is 7.19. The van der Waals surface area contributed by atoms with Gasteiger partial charge in [-0.3, -0.25) is 14.5 Å². The summed E-state index contributed by atoms with van der Waals surface area (Å²) in [5.74, 6) is -1.89. The minimum atomic E-state index is -2.78. The Morgan fingerprint density at radius 3 is 2.68 bits per heavy atom. The first kappa shape index (κ1) is 20.5. The van der Waals surface area contributed by atoms with Crippen molar-refractivity contribution < 1.29 is 22.4 Å². The molecule has 1 aromatic carbocycles. The number of pyridine rings is 1. The maximum atomic E-state index is 14.7. The van der Waals surface area contributed by atoms with Crippen LogP contribution in [0.5, 0.6) is 0 Å². The molecule has 1 atom stereocenters. The van der Waals surface area contributed by atoms with Crippen LogP contribution < -0.4 is 11.1 Å². The highest BCUT2D eigenvalue weighted by atomic mass is 19.3. The Morgan fingerprint density at radius 2 is 2.00 bits per heavy atom. The number of alkyl halides is 2. The summed E-state index contributed by atoms with van der Waals surface area (Å²) in [4.78, 5) is 20.4. The standard InChI is InChI=1S/C20H16F4N6O/c1-20(9-30-16(18(25)28-20)7-15(29-30)17(23)24)12-6-11(3-4-13(12)22)27-19(31)14-5-2-10(21)8-26-14/h2-8,17H,9H2,1H3,(H2,25,28)(H,27,31). The van der Waals surface area contributed by atoms with Crippen LogP contribution in [-0.2, 0) is 12.1 Å². The lowest BCUT2D eigenvalue weighted by molar-refractivity contribution is 0.102. The van der Waals surface area contributed by atoms with E-state index in [0.717, 1.165) is 24.4 Å². The number of amides is 1. The second kappa shape index (κ2) is 7.49. The average Bonchev–Trinajstić information content (AvgIpc) is 3.14. The van der Waals surface area contributed by atoms with E-state index in [1.54, 1.807) is 6.92 Å². The van der Waals surface area contributed by atoms with Crippen LogP contribution in [0.4, 0.5) is 23.2 Å². The van der Waals surface area contributed by atoms with Gasteiger partial charge in [0.1, 0.15) is 40.1 Å². The van der Waals surface area contributed by atoms with Gasteiger partial charge in [0, 0.05) is 11.3 Å². The second-order valence-corrected chi connectivity index (χ2v) is 7.19.